The molecule has 0 spiro atoms. The number of carbonyl (C=O) groups is 1. The smallest absolute Gasteiger partial charge is 0.241 e. The third-order valence-corrected chi connectivity index (χ3v) is 3.82. The number of rotatable bonds is 5. The Morgan fingerprint density at radius 1 is 1.44 bits per heavy atom. The number of hydrogen-bond donors (Lipinski definition) is 2. The van der Waals surface area contributed by atoms with Crippen LogP contribution in [0, 0.1) is 0 Å². The summed E-state index contributed by atoms with van der Waals surface area (Å²) in [6.45, 7) is 2.09. The number of fused-ring (bicyclic) bond motifs is 1. The highest BCUT2D eigenvalue weighted by atomic mass is 32.1. The van der Waals surface area contributed by atoms with Gasteiger partial charge in [-0.05, 0) is 41.5 Å². The Morgan fingerprint density at radius 3 is 3.06 bits per heavy atom. The normalized spacial score (nSPS) is 12.6. The van der Waals surface area contributed by atoms with E-state index in [2.05, 4.69) is 12.2 Å². The van der Waals surface area contributed by atoms with Gasteiger partial charge in [-0.1, -0.05) is 19.8 Å². The minimum atomic E-state index is -0.414. The standard InChI is InChI=1S/C14H18N2OS/c1-2-3-4-12(15)14(17)16-11-5-6-13-10(9-11)7-8-18-13/h5-9,12H,2-4,15H2,1H3,(H,16,17). The zero-order valence-electron chi connectivity index (χ0n) is 10.5. The van der Waals surface area contributed by atoms with E-state index in [9.17, 15) is 4.79 Å². The van der Waals surface area contributed by atoms with Gasteiger partial charge in [0.15, 0.2) is 0 Å². The molecular weight excluding hydrogens is 244 g/mol. The minimum absolute atomic E-state index is 0.0990. The Balaban J connectivity index is 2.01. The first-order chi connectivity index (χ1) is 8.70. The third-order valence-electron chi connectivity index (χ3n) is 2.93. The van der Waals surface area contributed by atoms with Crippen molar-refractivity contribution in [2.45, 2.75) is 32.2 Å². The summed E-state index contributed by atoms with van der Waals surface area (Å²) < 4.78 is 1.23. The number of carbonyl (C=O) groups excluding carboxylic acids is 1. The third kappa shape index (κ3) is 3.09. The summed E-state index contributed by atoms with van der Waals surface area (Å²) in [5.41, 5.74) is 6.65. The lowest BCUT2D eigenvalue weighted by Gasteiger charge is -2.11. The molecule has 0 radical (unpaired) electrons. The van der Waals surface area contributed by atoms with Gasteiger partial charge in [-0.15, -0.1) is 11.3 Å². The SMILES string of the molecule is CCCCC(N)C(=O)Nc1ccc2sccc2c1. The lowest BCUT2D eigenvalue weighted by molar-refractivity contribution is -0.117. The van der Waals surface area contributed by atoms with E-state index in [1.165, 1.54) is 4.70 Å². The monoisotopic (exact) mass is 262 g/mol. The molecular formula is C14H18N2OS. The van der Waals surface area contributed by atoms with Gasteiger partial charge in [0.05, 0.1) is 6.04 Å². The van der Waals surface area contributed by atoms with Crippen LogP contribution in [0.15, 0.2) is 29.6 Å². The van der Waals surface area contributed by atoms with Crippen LogP contribution in [0.25, 0.3) is 10.1 Å². The van der Waals surface area contributed by atoms with Crippen LogP contribution in [0.4, 0.5) is 5.69 Å². The molecule has 1 aromatic carbocycles. The number of amides is 1. The van der Waals surface area contributed by atoms with Crippen LogP contribution in [0.2, 0.25) is 0 Å². The van der Waals surface area contributed by atoms with Gasteiger partial charge in [-0.3, -0.25) is 4.79 Å². The zero-order chi connectivity index (χ0) is 13.0. The van der Waals surface area contributed by atoms with E-state index in [0.29, 0.717) is 0 Å². The fraction of sp³-hybridized carbons (Fsp3) is 0.357. The van der Waals surface area contributed by atoms with Gasteiger partial charge in [0, 0.05) is 10.4 Å². The molecule has 2 rings (SSSR count). The molecule has 4 heteroatoms. The highest BCUT2D eigenvalue weighted by Crippen LogP contribution is 2.24. The summed E-state index contributed by atoms with van der Waals surface area (Å²) in [5.74, 6) is -0.0990. The van der Waals surface area contributed by atoms with Gasteiger partial charge in [-0.25, -0.2) is 0 Å². The quantitative estimate of drug-likeness (QED) is 0.868. The lowest BCUT2D eigenvalue weighted by atomic mass is 10.1. The van der Waals surface area contributed by atoms with Crippen molar-refractivity contribution in [3.8, 4) is 0 Å². The van der Waals surface area contributed by atoms with E-state index in [-0.39, 0.29) is 5.91 Å². The van der Waals surface area contributed by atoms with E-state index in [1.807, 2.05) is 29.6 Å². The van der Waals surface area contributed by atoms with Crippen LogP contribution in [-0.2, 0) is 4.79 Å². The fourth-order valence-corrected chi connectivity index (χ4v) is 2.61. The molecule has 96 valence electrons. The van der Waals surface area contributed by atoms with Crippen molar-refractivity contribution in [2.24, 2.45) is 5.73 Å². The van der Waals surface area contributed by atoms with Crippen molar-refractivity contribution in [3.63, 3.8) is 0 Å². The molecule has 1 heterocycles. The minimum Gasteiger partial charge on any atom is -0.325 e. The Hall–Kier alpha value is -1.39. The number of nitrogens with two attached hydrogens (primary N) is 1. The molecule has 0 saturated heterocycles. The molecule has 2 aromatic rings. The summed E-state index contributed by atoms with van der Waals surface area (Å²) in [4.78, 5) is 11.9. The van der Waals surface area contributed by atoms with Crippen molar-refractivity contribution >= 4 is 33.0 Å². The summed E-state index contributed by atoms with van der Waals surface area (Å²) >= 11 is 1.69. The van der Waals surface area contributed by atoms with E-state index in [1.54, 1.807) is 11.3 Å². The second-order valence-corrected chi connectivity index (χ2v) is 5.36. The second kappa shape index (κ2) is 5.98. The Labute approximate surface area is 111 Å². The van der Waals surface area contributed by atoms with Crippen molar-refractivity contribution in [2.75, 3.05) is 5.32 Å². The van der Waals surface area contributed by atoms with Gasteiger partial charge >= 0.3 is 0 Å². The summed E-state index contributed by atoms with van der Waals surface area (Å²) in [6.07, 6.45) is 2.78. The maximum absolute atomic E-state index is 11.9. The first kappa shape index (κ1) is 13.1. The highest BCUT2D eigenvalue weighted by Gasteiger charge is 2.12. The number of benzene rings is 1. The molecule has 3 N–H and O–H groups in total. The van der Waals surface area contributed by atoms with Gasteiger partial charge in [0.25, 0.3) is 0 Å². The molecule has 0 bridgehead atoms. The molecule has 18 heavy (non-hydrogen) atoms. The Kier molecular flexibility index (Phi) is 4.33. The molecule has 1 aromatic heterocycles. The summed E-state index contributed by atoms with van der Waals surface area (Å²) in [5, 5.41) is 6.07. The average Bonchev–Trinajstić information content (AvgIpc) is 2.83. The fourth-order valence-electron chi connectivity index (χ4n) is 1.83. The van der Waals surface area contributed by atoms with Gasteiger partial charge < -0.3 is 11.1 Å². The Bertz CT molecular complexity index is 535. The Morgan fingerprint density at radius 2 is 2.28 bits per heavy atom. The molecule has 1 atom stereocenters. The molecule has 1 unspecified atom stereocenters. The molecule has 0 fully saturated rings. The van der Waals surface area contributed by atoms with E-state index in [4.69, 9.17) is 5.73 Å². The van der Waals surface area contributed by atoms with Gasteiger partial charge in [-0.2, -0.15) is 0 Å². The van der Waals surface area contributed by atoms with Crippen molar-refractivity contribution in [1.82, 2.24) is 0 Å². The maximum Gasteiger partial charge on any atom is 0.241 e. The van der Waals surface area contributed by atoms with Gasteiger partial charge in [0.1, 0.15) is 0 Å². The van der Waals surface area contributed by atoms with Crippen molar-refractivity contribution in [1.29, 1.82) is 0 Å². The van der Waals surface area contributed by atoms with Gasteiger partial charge in [0.2, 0.25) is 5.91 Å². The number of unbranched alkanes of at least 4 members (excludes halogenated alkanes) is 1. The largest absolute Gasteiger partial charge is 0.325 e. The number of anilines is 1. The van der Waals surface area contributed by atoms with Crippen LogP contribution in [0.5, 0.6) is 0 Å². The summed E-state index contributed by atoms with van der Waals surface area (Å²) in [7, 11) is 0. The van der Waals surface area contributed by atoms with E-state index in [0.717, 1.165) is 30.3 Å². The molecule has 0 aliphatic heterocycles. The van der Waals surface area contributed by atoms with Crippen molar-refractivity contribution < 1.29 is 4.79 Å². The lowest BCUT2D eigenvalue weighted by Crippen LogP contribution is -2.35. The zero-order valence-corrected chi connectivity index (χ0v) is 11.3. The predicted molar refractivity (Wildman–Crippen MR) is 78.0 cm³/mol. The van der Waals surface area contributed by atoms with E-state index >= 15 is 0 Å². The van der Waals surface area contributed by atoms with E-state index < -0.39 is 6.04 Å². The van der Waals surface area contributed by atoms with Crippen LogP contribution < -0.4 is 11.1 Å². The molecule has 1 amide bonds. The summed E-state index contributed by atoms with van der Waals surface area (Å²) in [6, 6.07) is 7.56. The first-order valence-corrected chi connectivity index (χ1v) is 7.12. The number of nitrogens with one attached hydrogen (secondary N) is 1. The number of thiophene rings is 1. The maximum atomic E-state index is 11.9. The average molecular weight is 262 g/mol. The number of hydrogen-bond acceptors (Lipinski definition) is 3. The van der Waals surface area contributed by atoms with Crippen molar-refractivity contribution in [3.05, 3.63) is 29.6 Å². The van der Waals surface area contributed by atoms with Crippen LogP contribution in [0.1, 0.15) is 26.2 Å². The topological polar surface area (TPSA) is 55.1 Å². The second-order valence-electron chi connectivity index (χ2n) is 4.41. The van der Waals surface area contributed by atoms with Crippen LogP contribution in [0.3, 0.4) is 0 Å². The molecule has 0 aliphatic carbocycles. The molecule has 0 aliphatic rings. The van der Waals surface area contributed by atoms with Crippen LogP contribution in [-0.4, -0.2) is 11.9 Å². The predicted octanol–water partition coefficient (Wildman–Crippen LogP) is 3.36. The molecule has 0 saturated carbocycles. The first-order valence-electron chi connectivity index (χ1n) is 6.24. The molecule has 3 nitrogen and oxygen atoms in total. The highest BCUT2D eigenvalue weighted by molar-refractivity contribution is 7.17. The van der Waals surface area contributed by atoms with Crippen LogP contribution >= 0.6 is 11.3 Å².